The van der Waals surface area contributed by atoms with E-state index in [0.29, 0.717) is 6.54 Å². The lowest BCUT2D eigenvalue weighted by Crippen LogP contribution is -2.20. The number of hydrogen-bond acceptors (Lipinski definition) is 5. The van der Waals surface area contributed by atoms with Crippen molar-refractivity contribution in [2.75, 3.05) is 7.05 Å². The predicted octanol–water partition coefficient (Wildman–Crippen LogP) is 2.59. The van der Waals surface area contributed by atoms with Crippen molar-refractivity contribution in [3.63, 3.8) is 0 Å². The van der Waals surface area contributed by atoms with Gasteiger partial charge in [0.05, 0.1) is 12.2 Å². The molecule has 22 heavy (non-hydrogen) atoms. The highest BCUT2D eigenvalue weighted by Crippen LogP contribution is 2.20. The summed E-state index contributed by atoms with van der Waals surface area (Å²) in [5.41, 5.74) is 1.94. The Balaban J connectivity index is 1.65. The molecule has 3 aromatic rings. The van der Waals surface area contributed by atoms with Crippen molar-refractivity contribution in [1.82, 2.24) is 24.8 Å². The topological polar surface area (TPSA) is 60.0 Å². The number of aromatic nitrogens is 4. The average molecular weight is 297 g/mol. The number of rotatable bonds is 6. The molecule has 0 bridgehead atoms. The maximum absolute atomic E-state index is 5.42. The highest BCUT2D eigenvalue weighted by Gasteiger charge is 2.11. The molecule has 0 saturated heterocycles. The summed E-state index contributed by atoms with van der Waals surface area (Å²) >= 11 is 0. The minimum absolute atomic E-state index is 0.701. The van der Waals surface area contributed by atoms with Gasteiger partial charge in [-0.25, -0.2) is 9.67 Å². The van der Waals surface area contributed by atoms with Crippen molar-refractivity contribution in [2.45, 2.75) is 26.6 Å². The van der Waals surface area contributed by atoms with E-state index in [1.807, 2.05) is 48.1 Å². The zero-order chi connectivity index (χ0) is 15.4. The highest BCUT2D eigenvalue weighted by molar-refractivity contribution is 5.56. The molecule has 0 spiro atoms. The third kappa shape index (κ3) is 3.23. The average Bonchev–Trinajstić information content (AvgIpc) is 3.17. The lowest BCUT2D eigenvalue weighted by atomic mass is 10.1. The number of benzene rings is 1. The van der Waals surface area contributed by atoms with Crippen LogP contribution in [0, 0.1) is 0 Å². The van der Waals surface area contributed by atoms with Gasteiger partial charge in [-0.05, 0) is 14.0 Å². The van der Waals surface area contributed by atoms with Crippen LogP contribution in [0.5, 0.6) is 0 Å². The maximum Gasteiger partial charge on any atom is 0.167 e. The van der Waals surface area contributed by atoms with E-state index in [2.05, 4.69) is 27.1 Å². The van der Waals surface area contributed by atoms with Gasteiger partial charge in [0.1, 0.15) is 12.2 Å². The van der Waals surface area contributed by atoms with E-state index < -0.39 is 0 Å². The van der Waals surface area contributed by atoms with E-state index in [1.165, 1.54) is 0 Å². The van der Waals surface area contributed by atoms with Crippen LogP contribution in [-0.2, 0) is 19.6 Å². The standard InChI is InChI=1S/C16H19N5O/c1-3-21-16(17-12-18-21)11-20(2)10-14-9-15(22-19-14)13-7-5-4-6-8-13/h4-9,12H,3,10-11H2,1-2H3. The molecule has 3 rings (SSSR count). The van der Waals surface area contributed by atoms with Crippen LogP contribution in [0.15, 0.2) is 47.2 Å². The highest BCUT2D eigenvalue weighted by atomic mass is 16.5. The fraction of sp³-hybridized carbons (Fsp3) is 0.312. The summed E-state index contributed by atoms with van der Waals surface area (Å²) in [4.78, 5) is 6.43. The summed E-state index contributed by atoms with van der Waals surface area (Å²) in [5.74, 6) is 1.75. The Morgan fingerprint density at radius 1 is 1.18 bits per heavy atom. The molecule has 2 heterocycles. The lowest BCUT2D eigenvalue weighted by molar-refractivity contribution is 0.291. The first-order valence-electron chi connectivity index (χ1n) is 7.32. The molecule has 0 atom stereocenters. The molecule has 0 aliphatic carbocycles. The van der Waals surface area contributed by atoms with Gasteiger partial charge in [0.2, 0.25) is 0 Å². The molecule has 6 nitrogen and oxygen atoms in total. The lowest BCUT2D eigenvalue weighted by Gasteiger charge is -2.14. The summed E-state index contributed by atoms with van der Waals surface area (Å²) in [5, 5.41) is 8.33. The predicted molar refractivity (Wildman–Crippen MR) is 82.8 cm³/mol. The molecule has 0 fully saturated rings. The van der Waals surface area contributed by atoms with E-state index in [1.54, 1.807) is 6.33 Å². The second-order valence-electron chi connectivity index (χ2n) is 5.21. The second-order valence-corrected chi connectivity index (χ2v) is 5.21. The molecule has 0 aliphatic rings. The fourth-order valence-corrected chi connectivity index (χ4v) is 2.37. The Labute approximate surface area is 129 Å². The van der Waals surface area contributed by atoms with Crippen molar-refractivity contribution in [1.29, 1.82) is 0 Å². The van der Waals surface area contributed by atoms with E-state index in [-0.39, 0.29) is 0 Å². The first-order valence-corrected chi connectivity index (χ1v) is 7.32. The van der Waals surface area contributed by atoms with Crippen LogP contribution in [-0.4, -0.2) is 31.9 Å². The van der Waals surface area contributed by atoms with Crippen LogP contribution in [0.1, 0.15) is 18.4 Å². The van der Waals surface area contributed by atoms with Crippen LogP contribution in [0.25, 0.3) is 11.3 Å². The molecule has 114 valence electrons. The van der Waals surface area contributed by atoms with E-state index >= 15 is 0 Å². The molecule has 0 saturated carbocycles. The van der Waals surface area contributed by atoms with Crippen LogP contribution in [0.4, 0.5) is 0 Å². The Hall–Kier alpha value is -2.47. The molecule has 1 aromatic carbocycles. The van der Waals surface area contributed by atoms with Gasteiger partial charge >= 0.3 is 0 Å². The molecule has 0 N–H and O–H groups in total. The van der Waals surface area contributed by atoms with Crippen LogP contribution < -0.4 is 0 Å². The molecule has 0 aliphatic heterocycles. The van der Waals surface area contributed by atoms with Crippen molar-refractivity contribution >= 4 is 0 Å². The van der Waals surface area contributed by atoms with Crippen molar-refractivity contribution in [2.24, 2.45) is 0 Å². The summed E-state index contributed by atoms with van der Waals surface area (Å²) in [7, 11) is 2.03. The SMILES string of the molecule is CCn1ncnc1CN(C)Cc1cc(-c2ccccc2)on1. The smallest absolute Gasteiger partial charge is 0.167 e. The first-order chi connectivity index (χ1) is 10.8. The Bertz CT molecular complexity index is 719. The van der Waals surface area contributed by atoms with Gasteiger partial charge in [-0.2, -0.15) is 5.10 Å². The van der Waals surface area contributed by atoms with Gasteiger partial charge in [-0.1, -0.05) is 35.5 Å². The molecule has 6 heteroatoms. The van der Waals surface area contributed by atoms with Gasteiger partial charge in [-0.3, -0.25) is 4.90 Å². The second kappa shape index (κ2) is 6.53. The largest absolute Gasteiger partial charge is 0.356 e. The summed E-state index contributed by atoms with van der Waals surface area (Å²) in [6, 6.07) is 12.0. The zero-order valence-corrected chi connectivity index (χ0v) is 12.8. The summed E-state index contributed by atoms with van der Waals surface area (Å²) in [6.45, 7) is 4.31. The third-order valence-corrected chi connectivity index (χ3v) is 3.46. The number of aryl methyl sites for hydroxylation is 1. The van der Waals surface area contributed by atoms with Gasteiger partial charge in [0.15, 0.2) is 5.76 Å². The van der Waals surface area contributed by atoms with Gasteiger partial charge < -0.3 is 4.52 Å². The van der Waals surface area contributed by atoms with E-state index in [4.69, 9.17) is 4.52 Å². The minimum atomic E-state index is 0.701. The maximum atomic E-state index is 5.42. The number of nitrogens with zero attached hydrogens (tertiary/aromatic N) is 5. The fourth-order valence-electron chi connectivity index (χ4n) is 2.37. The van der Waals surface area contributed by atoms with Crippen LogP contribution in [0.2, 0.25) is 0 Å². The Kier molecular flexibility index (Phi) is 4.29. The third-order valence-electron chi connectivity index (χ3n) is 3.46. The summed E-state index contributed by atoms with van der Waals surface area (Å²) < 4.78 is 7.32. The number of hydrogen-bond donors (Lipinski definition) is 0. The first kappa shape index (κ1) is 14.5. The Morgan fingerprint density at radius 3 is 2.77 bits per heavy atom. The summed E-state index contributed by atoms with van der Waals surface area (Å²) in [6.07, 6.45) is 1.59. The minimum Gasteiger partial charge on any atom is -0.356 e. The normalized spacial score (nSPS) is 11.2. The van der Waals surface area contributed by atoms with E-state index in [0.717, 1.165) is 35.9 Å². The zero-order valence-electron chi connectivity index (χ0n) is 12.8. The Morgan fingerprint density at radius 2 is 2.00 bits per heavy atom. The van der Waals surface area contributed by atoms with E-state index in [9.17, 15) is 0 Å². The molecular formula is C16H19N5O. The molecular weight excluding hydrogens is 278 g/mol. The molecule has 0 amide bonds. The van der Waals surface area contributed by atoms with Crippen molar-refractivity contribution in [3.05, 3.63) is 54.2 Å². The monoisotopic (exact) mass is 297 g/mol. The molecule has 2 aromatic heterocycles. The van der Waals surface area contributed by atoms with Crippen LogP contribution >= 0.6 is 0 Å². The van der Waals surface area contributed by atoms with Crippen molar-refractivity contribution < 1.29 is 4.52 Å². The van der Waals surface area contributed by atoms with Crippen LogP contribution in [0.3, 0.4) is 0 Å². The van der Waals surface area contributed by atoms with Gasteiger partial charge in [-0.15, -0.1) is 0 Å². The molecule has 0 unspecified atom stereocenters. The quantitative estimate of drug-likeness (QED) is 0.700. The molecule has 0 radical (unpaired) electrons. The van der Waals surface area contributed by atoms with Gasteiger partial charge in [0.25, 0.3) is 0 Å². The van der Waals surface area contributed by atoms with Crippen molar-refractivity contribution in [3.8, 4) is 11.3 Å². The van der Waals surface area contributed by atoms with Gasteiger partial charge in [0, 0.05) is 24.7 Å².